The van der Waals surface area contributed by atoms with Crippen molar-refractivity contribution in [2.24, 2.45) is 5.92 Å². The van der Waals surface area contributed by atoms with Crippen LogP contribution in [0.4, 0.5) is 5.82 Å². The number of esters is 1. The topological polar surface area (TPSA) is 93.5 Å². The minimum atomic E-state index is -0.421. The summed E-state index contributed by atoms with van der Waals surface area (Å²) in [5.41, 5.74) is 2.44. The van der Waals surface area contributed by atoms with E-state index in [1.165, 1.54) is 4.90 Å². The van der Waals surface area contributed by atoms with Gasteiger partial charge in [0, 0.05) is 24.6 Å². The fourth-order valence-electron chi connectivity index (χ4n) is 3.64. The Morgan fingerprint density at radius 2 is 1.66 bits per heavy atom. The lowest BCUT2D eigenvalue weighted by atomic mass is 10.1. The number of hydrogen-bond donors (Lipinski definition) is 1. The first-order valence-corrected chi connectivity index (χ1v) is 11.8. The van der Waals surface area contributed by atoms with E-state index in [9.17, 15) is 14.4 Å². The van der Waals surface area contributed by atoms with Crippen LogP contribution in [0.15, 0.2) is 66.7 Å². The van der Waals surface area contributed by atoms with E-state index in [-0.39, 0.29) is 43.7 Å². The van der Waals surface area contributed by atoms with Crippen molar-refractivity contribution in [3.63, 3.8) is 0 Å². The molecule has 1 N–H and O–H groups in total. The van der Waals surface area contributed by atoms with Crippen molar-refractivity contribution in [3.8, 4) is 16.9 Å². The highest BCUT2D eigenvalue weighted by molar-refractivity contribution is 5.95. The lowest BCUT2D eigenvalue weighted by Gasteiger charge is -2.24. The van der Waals surface area contributed by atoms with Crippen molar-refractivity contribution >= 4 is 23.6 Å². The number of nitrogens with zero attached hydrogens (tertiary/aromatic N) is 3. The normalized spacial score (nSPS) is 10.7. The van der Waals surface area contributed by atoms with Crippen molar-refractivity contribution in [2.75, 3.05) is 25.0 Å². The molecule has 0 spiro atoms. The van der Waals surface area contributed by atoms with Gasteiger partial charge < -0.3 is 15.0 Å². The van der Waals surface area contributed by atoms with Crippen LogP contribution in [0, 0.1) is 5.92 Å². The molecule has 0 atom stereocenters. The maximum absolute atomic E-state index is 13.0. The number of aromatic nitrogens is 2. The zero-order valence-electron chi connectivity index (χ0n) is 20.4. The fourth-order valence-corrected chi connectivity index (χ4v) is 3.64. The lowest BCUT2D eigenvalue weighted by Crippen LogP contribution is -2.40. The van der Waals surface area contributed by atoms with Crippen LogP contribution < -0.4 is 5.32 Å². The van der Waals surface area contributed by atoms with E-state index < -0.39 is 5.97 Å². The van der Waals surface area contributed by atoms with Crippen LogP contribution in [0.3, 0.4) is 0 Å². The van der Waals surface area contributed by atoms with Gasteiger partial charge >= 0.3 is 5.97 Å². The van der Waals surface area contributed by atoms with Crippen LogP contribution in [0.25, 0.3) is 16.9 Å². The second-order valence-electron chi connectivity index (χ2n) is 8.55. The summed E-state index contributed by atoms with van der Waals surface area (Å²) in [4.78, 5) is 39.0. The summed E-state index contributed by atoms with van der Waals surface area (Å²) >= 11 is 0. The summed E-state index contributed by atoms with van der Waals surface area (Å²) in [6, 6.07) is 21.0. The molecule has 0 saturated heterocycles. The minimum absolute atomic E-state index is 0.00106. The van der Waals surface area contributed by atoms with Crippen LogP contribution in [0.1, 0.15) is 33.6 Å². The summed E-state index contributed by atoms with van der Waals surface area (Å²) in [7, 11) is 0. The Kier molecular flexibility index (Phi) is 9.17. The van der Waals surface area contributed by atoms with Crippen molar-refractivity contribution in [1.82, 2.24) is 14.7 Å². The molecule has 0 unspecified atom stereocenters. The molecule has 1 heterocycles. The van der Waals surface area contributed by atoms with E-state index in [1.54, 1.807) is 11.6 Å². The molecule has 184 valence electrons. The number of carbonyl (C=O) groups is 3. The smallest absolute Gasteiger partial charge is 0.306 e. The molecule has 0 saturated carbocycles. The summed E-state index contributed by atoms with van der Waals surface area (Å²) in [6.07, 6.45) is -0.0109. The maximum atomic E-state index is 13.0. The highest BCUT2D eigenvalue weighted by atomic mass is 16.5. The zero-order chi connectivity index (χ0) is 25.2. The molecule has 0 aliphatic carbocycles. The number of nitrogens with one attached hydrogen (secondary N) is 1. The first kappa shape index (κ1) is 25.7. The Balaban J connectivity index is 1.78. The van der Waals surface area contributed by atoms with Crippen LogP contribution in [-0.4, -0.2) is 52.2 Å². The summed E-state index contributed by atoms with van der Waals surface area (Å²) in [5.74, 6) is -0.359. The third-order valence-corrected chi connectivity index (χ3v) is 5.17. The molecule has 8 nitrogen and oxygen atoms in total. The van der Waals surface area contributed by atoms with Gasteiger partial charge in [-0.15, -0.1) is 0 Å². The van der Waals surface area contributed by atoms with Gasteiger partial charge in [0.05, 0.1) is 31.0 Å². The largest absolute Gasteiger partial charge is 0.466 e. The Labute approximate surface area is 205 Å². The standard InChI is InChI=1S/C27H32N4O4/c1-4-35-27(34)16-15-26(33)30(18-20(2)3)19-25(32)28-24-17-23(21-11-7-5-8-12-21)29-31(24)22-13-9-6-10-14-22/h5-14,17,20H,4,15-16,18-19H2,1-3H3,(H,28,32). The fraction of sp³-hybridized carbons (Fsp3) is 0.333. The van der Waals surface area contributed by atoms with Gasteiger partial charge in [-0.05, 0) is 25.0 Å². The highest BCUT2D eigenvalue weighted by Gasteiger charge is 2.21. The van der Waals surface area contributed by atoms with Crippen molar-refractivity contribution in [3.05, 3.63) is 66.7 Å². The predicted octanol–water partition coefficient (Wildman–Crippen LogP) is 4.31. The summed E-state index contributed by atoms with van der Waals surface area (Å²) in [6.45, 7) is 6.22. The molecule has 2 amide bonds. The number of carbonyl (C=O) groups excluding carboxylic acids is 3. The van der Waals surface area contributed by atoms with Crippen molar-refractivity contribution < 1.29 is 19.1 Å². The number of ether oxygens (including phenoxy) is 1. The molecule has 0 bridgehead atoms. The van der Waals surface area contributed by atoms with E-state index >= 15 is 0 Å². The van der Waals surface area contributed by atoms with E-state index in [4.69, 9.17) is 9.84 Å². The monoisotopic (exact) mass is 476 g/mol. The second-order valence-corrected chi connectivity index (χ2v) is 8.55. The quantitative estimate of drug-likeness (QED) is 0.417. The molecule has 1 aromatic heterocycles. The van der Waals surface area contributed by atoms with Gasteiger partial charge in [0.1, 0.15) is 5.82 Å². The van der Waals surface area contributed by atoms with Crippen LogP contribution in [-0.2, 0) is 19.1 Å². The average Bonchev–Trinajstić information content (AvgIpc) is 3.26. The minimum Gasteiger partial charge on any atom is -0.466 e. The molecule has 2 aromatic carbocycles. The first-order valence-electron chi connectivity index (χ1n) is 11.8. The summed E-state index contributed by atoms with van der Waals surface area (Å²) in [5, 5.41) is 7.62. The number of amides is 2. The van der Waals surface area contributed by atoms with Gasteiger partial charge in [0.2, 0.25) is 11.8 Å². The molecule has 0 fully saturated rings. The predicted molar refractivity (Wildman–Crippen MR) is 135 cm³/mol. The number of benzene rings is 2. The Hall–Kier alpha value is -3.94. The van der Waals surface area contributed by atoms with Gasteiger partial charge in [-0.1, -0.05) is 62.4 Å². The Bertz CT molecular complexity index is 1130. The third kappa shape index (κ3) is 7.53. The lowest BCUT2D eigenvalue weighted by molar-refractivity contribution is -0.146. The molecule has 0 radical (unpaired) electrons. The number of anilines is 1. The van der Waals surface area contributed by atoms with Crippen molar-refractivity contribution in [1.29, 1.82) is 0 Å². The van der Waals surface area contributed by atoms with Gasteiger partial charge in [-0.25, -0.2) is 4.68 Å². The molecule has 0 aliphatic rings. The Morgan fingerprint density at radius 3 is 2.29 bits per heavy atom. The van der Waals surface area contributed by atoms with Gasteiger partial charge in [-0.3, -0.25) is 14.4 Å². The third-order valence-electron chi connectivity index (χ3n) is 5.17. The SMILES string of the molecule is CCOC(=O)CCC(=O)N(CC(=O)Nc1cc(-c2ccccc2)nn1-c1ccccc1)CC(C)C. The second kappa shape index (κ2) is 12.5. The molecular formula is C27H32N4O4. The van der Waals surface area contributed by atoms with E-state index in [1.807, 2.05) is 80.6 Å². The molecule has 8 heteroatoms. The number of para-hydroxylation sites is 1. The Morgan fingerprint density at radius 1 is 1.00 bits per heavy atom. The van der Waals surface area contributed by atoms with E-state index in [0.717, 1.165) is 11.3 Å². The number of hydrogen-bond acceptors (Lipinski definition) is 5. The molecule has 0 aliphatic heterocycles. The van der Waals surface area contributed by atoms with Crippen molar-refractivity contribution in [2.45, 2.75) is 33.6 Å². The average molecular weight is 477 g/mol. The molecular weight excluding hydrogens is 444 g/mol. The molecule has 3 rings (SSSR count). The number of rotatable bonds is 11. The first-order chi connectivity index (χ1) is 16.9. The van der Waals surface area contributed by atoms with E-state index in [0.29, 0.717) is 18.1 Å². The van der Waals surface area contributed by atoms with Gasteiger partial charge in [0.15, 0.2) is 0 Å². The summed E-state index contributed by atoms with van der Waals surface area (Å²) < 4.78 is 6.58. The van der Waals surface area contributed by atoms with Crippen LogP contribution in [0.5, 0.6) is 0 Å². The molecule has 35 heavy (non-hydrogen) atoms. The van der Waals surface area contributed by atoms with Gasteiger partial charge in [0.25, 0.3) is 0 Å². The van der Waals surface area contributed by atoms with Gasteiger partial charge in [-0.2, -0.15) is 5.10 Å². The molecule has 3 aromatic rings. The zero-order valence-corrected chi connectivity index (χ0v) is 20.4. The van der Waals surface area contributed by atoms with Crippen LogP contribution >= 0.6 is 0 Å². The highest BCUT2D eigenvalue weighted by Crippen LogP contribution is 2.24. The van der Waals surface area contributed by atoms with E-state index in [2.05, 4.69) is 5.32 Å². The van der Waals surface area contributed by atoms with Crippen LogP contribution in [0.2, 0.25) is 0 Å². The maximum Gasteiger partial charge on any atom is 0.306 e.